The number of hydrogen-bond acceptors (Lipinski definition) is 4. The molecule has 0 fully saturated rings. The van der Waals surface area contributed by atoms with E-state index in [0.717, 1.165) is 48.4 Å². The molecule has 1 aromatic heterocycles. The number of benzene rings is 1. The SMILES string of the molecule is CCC[C@H](O)C[NH+]1CCc2nc(Cc3cccc(OC)c3)[nH]c(=O)c2C1. The van der Waals surface area contributed by atoms with Gasteiger partial charge in [0.1, 0.15) is 30.8 Å². The van der Waals surface area contributed by atoms with Crippen molar-refractivity contribution in [2.24, 2.45) is 0 Å². The van der Waals surface area contributed by atoms with E-state index in [1.54, 1.807) is 7.11 Å². The average Bonchev–Trinajstić information content (AvgIpc) is 2.62. The molecule has 2 aromatic rings. The van der Waals surface area contributed by atoms with Crippen LogP contribution in [0, 0.1) is 0 Å². The number of aliphatic hydroxyl groups excluding tert-OH is 1. The van der Waals surface area contributed by atoms with Crippen LogP contribution < -0.4 is 15.2 Å². The van der Waals surface area contributed by atoms with Crippen molar-refractivity contribution in [1.82, 2.24) is 9.97 Å². The van der Waals surface area contributed by atoms with Crippen molar-refractivity contribution in [3.63, 3.8) is 0 Å². The Morgan fingerprint density at radius 2 is 2.27 bits per heavy atom. The van der Waals surface area contributed by atoms with Crippen molar-refractivity contribution in [3.05, 3.63) is 57.3 Å². The van der Waals surface area contributed by atoms with Crippen LogP contribution in [0.25, 0.3) is 0 Å². The highest BCUT2D eigenvalue weighted by Gasteiger charge is 2.25. The molecule has 6 nitrogen and oxygen atoms in total. The Balaban J connectivity index is 1.73. The van der Waals surface area contributed by atoms with Crippen LogP contribution in [0.15, 0.2) is 29.1 Å². The summed E-state index contributed by atoms with van der Waals surface area (Å²) in [7, 11) is 1.64. The van der Waals surface area contributed by atoms with Gasteiger partial charge in [0.25, 0.3) is 5.56 Å². The Labute approximate surface area is 153 Å². The molecule has 3 rings (SSSR count). The Bertz CT molecular complexity index is 803. The molecule has 0 bridgehead atoms. The molecule has 0 aliphatic carbocycles. The maximum absolute atomic E-state index is 12.6. The van der Waals surface area contributed by atoms with Gasteiger partial charge in [-0.1, -0.05) is 25.5 Å². The molecule has 0 saturated carbocycles. The maximum Gasteiger partial charge on any atom is 0.260 e. The monoisotopic (exact) mass is 358 g/mol. The zero-order valence-electron chi connectivity index (χ0n) is 15.5. The first-order valence-corrected chi connectivity index (χ1v) is 9.34. The molecule has 1 aliphatic rings. The first-order valence-electron chi connectivity index (χ1n) is 9.34. The maximum atomic E-state index is 12.6. The molecule has 1 aliphatic heterocycles. The number of aromatic amines is 1. The predicted octanol–water partition coefficient (Wildman–Crippen LogP) is 0.471. The molecule has 0 radical (unpaired) electrons. The minimum Gasteiger partial charge on any atom is -0.497 e. The molecular formula is C20H28N3O3+. The quantitative estimate of drug-likeness (QED) is 0.672. The highest BCUT2D eigenvalue weighted by molar-refractivity contribution is 5.30. The fraction of sp³-hybridized carbons (Fsp3) is 0.500. The van der Waals surface area contributed by atoms with Gasteiger partial charge in [-0.3, -0.25) is 4.79 Å². The van der Waals surface area contributed by atoms with E-state index in [-0.39, 0.29) is 11.7 Å². The number of aliphatic hydroxyl groups is 1. The zero-order chi connectivity index (χ0) is 18.5. The van der Waals surface area contributed by atoms with Crippen LogP contribution in [-0.4, -0.2) is 41.4 Å². The van der Waals surface area contributed by atoms with Crippen molar-refractivity contribution < 1.29 is 14.7 Å². The molecule has 0 spiro atoms. The lowest BCUT2D eigenvalue weighted by Crippen LogP contribution is -3.13. The van der Waals surface area contributed by atoms with Crippen LogP contribution in [0.4, 0.5) is 0 Å². The molecule has 1 unspecified atom stereocenters. The minimum absolute atomic E-state index is 0.0462. The second-order valence-electron chi connectivity index (χ2n) is 7.04. The molecule has 140 valence electrons. The highest BCUT2D eigenvalue weighted by atomic mass is 16.5. The lowest BCUT2D eigenvalue weighted by atomic mass is 10.0. The normalized spacial score (nSPS) is 17.6. The summed E-state index contributed by atoms with van der Waals surface area (Å²) in [5, 5.41) is 10.0. The standard InChI is InChI=1S/C20H27N3O3/c1-3-5-15(24)12-23-9-8-18-17(13-23)20(25)22-19(21-18)11-14-6-4-7-16(10-14)26-2/h4,6-7,10,15,24H,3,5,8-9,11-13H2,1-2H3,(H,21,22,25)/p+1/t15-/m0/s1. The van der Waals surface area contributed by atoms with E-state index in [1.165, 1.54) is 4.90 Å². The summed E-state index contributed by atoms with van der Waals surface area (Å²) in [5.41, 5.74) is 2.68. The van der Waals surface area contributed by atoms with Crippen LogP contribution in [0.5, 0.6) is 5.75 Å². The fourth-order valence-electron chi connectivity index (χ4n) is 3.62. The molecule has 1 aromatic carbocycles. The Kier molecular flexibility index (Phi) is 6.06. The summed E-state index contributed by atoms with van der Waals surface area (Å²) in [6.07, 6.45) is 2.84. The highest BCUT2D eigenvalue weighted by Crippen LogP contribution is 2.15. The average molecular weight is 358 g/mol. The van der Waals surface area contributed by atoms with E-state index in [1.807, 2.05) is 24.3 Å². The van der Waals surface area contributed by atoms with E-state index in [4.69, 9.17) is 9.72 Å². The number of aromatic nitrogens is 2. The fourth-order valence-corrected chi connectivity index (χ4v) is 3.62. The second-order valence-corrected chi connectivity index (χ2v) is 7.04. The van der Waals surface area contributed by atoms with E-state index in [2.05, 4.69) is 11.9 Å². The molecule has 2 heterocycles. The van der Waals surface area contributed by atoms with Crippen molar-refractivity contribution in [2.75, 3.05) is 20.2 Å². The van der Waals surface area contributed by atoms with Crippen molar-refractivity contribution in [3.8, 4) is 5.75 Å². The molecule has 0 saturated heterocycles. The van der Waals surface area contributed by atoms with Crippen molar-refractivity contribution in [1.29, 1.82) is 0 Å². The number of hydrogen-bond donors (Lipinski definition) is 3. The topological polar surface area (TPSA) is 79.7 Å². The lowest BCUT2D eigenvalue weighted by Gasteiger charge is -2.26. The van der Waals surface area contributed by atoms with Gasteiger partial charge in [-0.15, -0.1) is 0 Å². The zero-order valence-corrected chi connectivity index (χ0v) is 15.5. The van der Waals surface area contributed by atoms with Crippen LogP contribution in [0.1, 0.15) is 42.4 Å². The Morgan fingerprint density at radius 1 is 1.42 bits per heavy atom. The molecule has 26 heavy (non-hydrogen) atoms. The van der Waals surface area contributed by atoms with Gasteiger partial charge >= 0.3 is 0 Å². The number of methoxy groups -OCH3 is 1. The van der Waals surface area contributed by atoms with E-state index in [0.29, 0.717) is 25.3 Å². The Morgan fingerprint density at radius 3 is 3.04 bits per heavy atom. The van der Waals surface area contributed by atoms with Gasteiger partial charge in [0, 0.05) is 12.8 Å². The molecule has 2 atom stereocenters. The summed E-state index contributed by atoms with van der Waals surface area (Å²) in [5.74, 6) is 1.49. The van der Waals surface area contributed by atoms with Crippen LogP contribution in [0.2, 0.25) is 0 Å². The first kappa shape index (κ1) is 18.6. The third-order valence-corrected chi connectivity index (χ3v) is 4.94. The van der Waals surface area contributed by atoms with E-state index < -0.39 is 0 Å². The van der Waals surface area contributed by atoms with Gasteiger partial charge in [0.2, 0.25) is 0 Å². The van der Waals surface area contributed by atoms with Crippen LogP contribution in [0.3, 0.4) is 0 Å². The third-order valence-electron chi connectivity index (χ3n) is 4.94. The van der Waals surface area contributed by atoms with Crippen molar-refractivity contribution in [2.45, 2.75) is 45.3 Å². The molecule has 3 N–H and O–H groups in total. The largest absolute Gasteiger partial charge is 0.497 e. The third kappa shape index (κ3) is 4.51. The summed E-state index contributed by atoms with van der Waals surface area (Å²) < 4.78 is 5.25. The number of ether oxygens (including phenoxy) is 1. The van der Waals surface area contributed by atoms with Crippen LogP contribution in [-0.2, 0) is 19.4 Å². The summed E-state index contributed by atoms with van der Waals surface area (Å²) >= 11 is 0. The number of nitrogens with one attached hydrogen (secondary N) is 2. The number of fused-ring (bicyclic) bond motifs is 1. The molecule has 0 amide bonds. The number of quaternary nitrogens is 1. The van der Waals surface area contributed by atoms with E-state index in [9.17, 15) is 9.90 Å². The number of H-pyrrole nitrogens is 1. The number of nitrogens with zero attached hydrogens (tertiary/aromatic N) is 1. The summed E-state index contributed by atoms with van der Waals surface area (Å²) in [6.45, 7) is 4.31. The molecular weight excluding hydrogens is 330 g/mol. The summed E-state index contributed by atoms with van der Waals surface area (Å²) in [4.78, 5) is 21.5. The summed E-state index contributed by atoms with van der Waals surface area (Å²) in [6, 6.07) is 7.80. The number of rotatable bonds is 7. The first-order chi connectivity index (χ1) is 12.6. The van der Waals surface area contributed by atoms with Crippen molar-refractivity contribution >= 4 is 0 Å². The van der Waals surface area contributed by atoms with Gasteiger partial charge in [-0.05, 0) is 24.1 Å². The minimum atomic E-state index is -0.295. The Hall–Kier alpha value is -2.18. The van der Waals surface area contributed by atoms with Crippen LogP contribution >= 0.6 is 0 Å². The van der Waals surface area contributed by atoms with Gasteiger partial charge in [-0.25, -0.2) is 4.98 Å². The van der Waals surface area contributed by atoms with Gasteiger partial charge in [0.05, 0.1) is 24.9 Å². The van der Waals surface area contributed by atoms with Gasteiger partial charge < -0.3 is 19.7 Å². The van der Waals surface area contributed by atoms with Gasteiger partial charge in [0.15, 0.2) is 0 Å². The second kappa shape index (κ2) is 8.47. The van der Waals surface area contributed by atoms with E-state index >= 15 is 0 Å². The predicted molar refractivity (Wildman–Crippen MR) is 99.7 cm³/mol. The van der Waals surface area contributed by atoms with Gasteiger partial charge in [-0.2, -0.15) is 0 Å². The lowest BCUT2D eigenvalue weighted by molar-refractivity contribution is -0.919. The smallest absolute Gasteiger partial charge is 0.260 e. The molecule has 6 heteroatoms.